The Morgan fingerprint density at radius 1 is 1.13 bits per heavy atom. The first kappa shape index (κ1) is 10.8. The van der Waals surface area contributed by atoms with Gasteiger partial charge in [-0.2, -0.15) is 0 Å². The van der Waals surface area contributed by atoms with Gasteiger partial charge in [0.05, 0.1) is 13.2 Å². The van der Waals surface area contributed by atoms with Crippen LogP contribution in [0, 0.1) is 0 Å². The molecule has 0 fully saturated rings. The van der Waals surface area contributed by atoms with Crippen LogP contribution in [0.3, 0.4) is 0 Å². The molecule has 0 atom stereocenters. The standard InChI is InChI=1S/C12H15BrO2/c13-6-1-3-10-4-5-11-12(9-10)15-8-2-7-14-11/h4-5,9H,1-3,6-8H2. The zero-order valence-corrected chi connectivity index (χ0v) is 10.3. The van der Waals surface area contributed by atoms with Gasteiger partial charge < -0.3 is 9.47 Å². The fourth-order valence-corrected chi connectivity index (χ4v) is 1.91. The van der Waals surface area contributed by atoms with Crippen LogP contribution in [0.15, 0.2) is 18.2 Å². The van der Waals surface area contributed by atoms with Gasteiger partial charge in [0.2, 0.25) is 0 Å². The average molecular weight is 271 g/mol. The molecule has 0 saturated carbocycles. The predicted octanol–water partition coefficient (Wildman–Crippen LogP) is 3.18. The summed E-state index contributed by atoms with van der Waals surface area (Å²) in [5.41, 5.74) is 1.32. The Kier molecular flexibility index (Phi) is 3.89. The molecule has 1 heterocycles. The number of fused-ring (bicyclic) bond motifs is 1. The van der Waals surface area contributed by atoms with Crippen LogP contribution in [0.4, 0.5) is 0 Å². The molecule has 0 bridgehead atoms. The smallest absolute Gasteiger partial charge is 0.161 e. The summed E-state index contributed by atoms with van der Waals surface area (Å²) in [6.07, 6.45) is 3.20. The van der Waals surface area contributed by atoms with E-state index in [9.17, 15) is 0 Å². The van der Waals surface area contributed by atoms with Gasteiger partial charge in [0.15, 0.2) is 11.5 Å². The van der Waals surface area contributed by atoms with E-state index >= 15 is 0 Å². The van der Waals surface area contributed by atoms with Gasteiger partial charge in [0, 0.05) is 11.8 Å². The Labute approximate surface area is 98.7 Å². The van der Waals surface area contributed by atoms with E-state index in [1.807, 2.05) is 6.07 Å². The molecular formula is C12H15BrO2. The van der Waals surface area contributed by atoms with Gasteiger partial charge in [-0.25, -0.2) is 0 Å². The SMILES string of the molecule is BrCCCc1ccc2c(c1)OCCCO2. The monoisotopic (exact) mass is 270 g/mol. The molecule has 0 unspecified atom stereocenters. The Morgan fingerprint density at radius 3 is 2.73 bits per heavy atom. The molecule has 15 heavy (non-hydrogen) atoms. The molecule has 1 aromatic rings. The van der Waals surface area contributed by atoms with Crippen molar-refractivity contribution in [2.75, 3.05) is 18.5 Å². The third-order valence-corrected chi connectivity index (χ3v) is 2.97. The number of benzene rings is 1. The maximum Gasteiger partial charge on any atom is 0.161 e. The summed E-state index contributed by atoms with van der Waals surface area (Å²) >= 11 is 3.44. The predicted molar refractivity (Wildman–Crippen MR) is 64.2 cm³/mol. The molecular weight excluding hydrogens is 256 g/mol. The zero-order valence-electron chi connectivity index (χ0n) is 8.67. The number of halogens is 1. The molecule has 1 aliphatic heterocycles. The van der Waals surface area contributed by atoms with Crippen molar-refractivity contribution in [2.24, 2.45) is 0 Å². The lowest BCUT2D eigenvalue weighted by Crippen LogP contribution is -1.97. The topological polar surface area (TPSA) is 18.5 Å². The molecule has 82 valence electrons. The van der Waals surface area contributed by atoms with Crippen molar-refractivity contribution in [3.05, 3.63) is 23.8 Å². The van der Waals surface area contributed by atoms with E-state index in [0.717, 1.165) is 49.3 Å². The van der Waals surface area contributed by atoms with Gasteiger partial charge in [0.25, 0.3) is 0 Å². The number of hydrogen-bond acceptors (Lipinski definition) is 2. The molecule has 1 aromatic carbocycles. The van der Waals surface area contributed by atoms with Crippen molar-refractivity contribution >= 4 is 15.9 Å². The van der Waals surface area contributed by atoms with Crippen LogP contribution in [-0.4, -0.2) is 18.5 Å². The minimum atomic E-state index is 0.758. The molecule has 0 spiro atoms. The first-order valence-electron chi connectivity index (χ1n) is 5.34. The maximum atomic E-state index is 5.63. The van der Waals surface area contributed by atoms with Crippen LogP contribution < -0.4 is 9.47 Å². The van der Waals surface area contributed by atoms with Crippen molar-refractivity contribution in [3.63, 3.8) is 0 Å². The van der Waals surface area contributed by atoms with Gasteiger partial charge >= 0.3 is 0 Å². The van der Waals surface area contributed by atoms with E-state index in [4.69, 9.17) is 9.47 Å². The van der Waals surface area contributed by atoms with Crippen LogP contribution in [0.1, 0.15) is 18.4 Å². The highest BCUT2D eigenvalue weighted by molar-refractivity contribution is 9.09. The van der Waals surface area contributed by atoms with Crippen molar-refractivity contribution in [2.45, 2.75) is 19.3 Å². The van der Waals surface area contributed by atoms with E-state index in [2.05, 4.69) is 28.1 Å². The molecule has 0 radical (unpaired) electrons. The van der Waals surface area contributed by atoms with E-state index < -0.39 is 0 Å². The van der Waals surface area contributed by atoms with Gasteiger partial charge in [-0.1, -0.05) is 22.0 Å². The van der Waals surface area contributed by atoms with E-state index in [1.54, 1.807) is 0 Å². The third-order valence-electron chi connectivity index (χ3n) is 2.41. The molecule has 0 N–H and O–H groups in total. The third kappa shape index (κ3) is 2.88. The zero-order chi connectivity index (χ0) is 10.5. The maximum absolute atomic E-state index is 5.63. The van der Waals surface area contributed by atoms with Gasteiger partial charge in [-0.3, -0.25) is 0 Å². The summed E-state index contributed by atoms with van der Waals surface area (Å²) in [4.78, 5) is 0. The van der Waals surface area contributed by atoms with Crippen LogP contribution in [0.5, 0.6) is 11.5 Å². The summed E-state index contributed by atoms with van der Waals surface area (Å²) in [5, 5.41) is 1.04. The van der Waals surface area contributed by atoms with Crippen LogP contribution in [0.2, 0.25) is 0 Å². The summed E-state index contributed by atoms with van der Waals surface area (Å²) in [7, 11) is 0. The summed E-state index contributed by atoms with van der Waals surface area (Å²) in [5.74, 6) is 1.79. The molecule has 2 nitrogen and oxygen atoms in total. The van der Waals surface area contributed by atoms with E-state index in [1.165, 1.54) is 5.56 Å². The minimum Gasteiger partial charge on any atom is -0.490 e. The summed E-state index contributed by atoms with van der Waals surface area (Å²) < 4.78 is 11.2. The quantitative estimate of drug-likeness (QED) is 0.786. The lowest BCUT2D eigenvalue weighted by Gasteiger charge is -2.08. The van der Waals surface area contributed by atoms with Gasteiger partial charge in [0.1, 0.15) is 0 Å². The lowest BCUT2D eigenvalue weighted by atomic mass is 10.1. The molecule has 2 rings (SSSR count). The average Bonchev–Trinajstić information content (AvgIpc) is 2.50. The minimum absolute atomic E-state index is 0.758. The molecule has 0 saturated heterocycles. The Hall–Kier alpha value is -0.700. The number of alkyl halides is 1. The molecule has 0 amide bonds. The fraction of sp³-hybridized carbons (Fsp3) is 0.500. The number of aryl methyl sites for hydroxylation is 1. The Bertz CT molecular complexity index is 325. The van der Waals surface area contributed by atoms with Gasteiger partial charge in [-0.05, 0) is 30.5 Å². The van der Waals surface area contributed by atoms with E-state index in [-0.39, 0.29) is 0 Å². The molecule has 3 heteroatoms. The Balaban J connectivity index is 2.13. The highest BCUT2D eigenvalue weighted by Gasteiger charge is 2.10. The highest BCUT2D eigenvalue weighted by atomic mass is 79.9. The first-order chi connectivity index (χ1) is 7.40. The van der Waals surface area contributed by atoms with Crippen LogP contribution >= 0.6 is 15.9 Å². The van der Waals surface area contributed by atoms with Crippen molar-refractivity contribution in [1.29, 1.82) is 0 Å². The van der Waals surface area contributed by atoms with Gasteiger partial charge in [-0.15, -0.1) is 0 Å². The summed E-state index contributed by atoms with van der Waals surface area (Å²) in [6, 6.07) is 6.24. The molecule has 1 aliphatic rings. The molecule has 0 aliphatic carbocycles. The second-order valence-corrected chi connectivity index (χ2v) is 4.42. The largest absolute Gasteiger partial charge is 0.490 e. The van der Waals surface area contributed by atoms with E-state index in [0.29, 0.717) is 0 Å². The fourth-order valence-electron chi connectivity index (χ4n) is 1.63. The second-order valence-electron chi connectivity index (χ2n) is 3.62. The number of ether oxygens (including phenoxy) is 2. The second kappa shape index (κ2) is 5.40. The number of rotatable bonds is 3. The lowest BCUT2D eigenvalue weighted by molar-refractivity contribution is 0.297. The van der Waals surface area contributed by atoms with Crippen LogP contribution in [-0.2, 0) is 6.42 Å². The van der Waals surface area contributed by atoms with Crippen LogP contribution in [0.25, 0.3) is 0 Å². The van der Waals surface area contributed by atoms with Crippen molar-refractivity contribution < 1.29 is 9.47 Å². The summed E-state index contributed by atoms with van der Waals surface area (Å²) in [6.45, 7) is 1.52. The van der Waals surface area contributed by atoms with Crippen molar-refractivity contribution in [1.82, 2.24) is 0 Å². The molecule has 0 aromatic heterocycles. The highest BCUT2D eigenvalue weighted by Crippen LogP contribution is 2.30. The Morgan fingerprint density at radius 2 is 1.93 bits per heavy atom. The number of hydrogen-bond donors (Lipinski definition) is 0. The first-order valence-corrected chi connectivity index (χ1v) is 6.47. The van der Waals surface area contributed by atoms with Crippen molar-refractivity contribution in [3.8, 4) is 11.5 Å². The normalized spacial score (nSPS) is 14.7.